The summed E-state index contributed by atoms with van der Waals surface area (Å²) >= 11 is 1.30. The fraction of sp³-hybridized carbons (Fsp3) is 0.769. The van der Waals surface area contributed by atoms with Gasteiger partial charge in [-0.25, -0.2) is 0 Å². The molecule has 0 aliphatic heterocycles. The van der Waals surface area contributed by atoms with E-state index >= 15 is 0 Å². The molecule has 0 aromatic carbocycles. The van der Waals surface area contributed by atoms with Gasteiger partial charge in [0.15, 0.2) is 0 Å². The van der Waals surface area contributed by atoms with Gasteiger partial charge in [0.1, 0.15) is 18.0 Å². The van der Waals surface area contributed by atoms with Crippen LogP contribution in [0.3, 0.4) is 0 Å². The maximum Gasteiger partial charge on any atom is 0.236 e. The van der Waals surface area contributed by atoms with Gasteiger partial charge in [-0.1, -0.05) is 0 Å². The molecule has 0 fully saturated rings. The third kappa shape index (κ3) is 9.68. The molecule has 0 aliphatic rings. The number of aldehydes is 1. The van der Waals surface area contributed by atoms with Crippen LogP contribution in [0.5, 0.6) is 0 Å². The molecule has 0 saturated heterocycles. The molecule has 0 heterocycles. The number of thioether (sulfide) groups is 1. The van der Waals surface area contributed by atoms with Crippen LogP contribution in [-0.2, 0) is 14.3 Å². The monoisotopic (exact) mass is 340 g/mol. The fourth-order valence-electron chi connectivity index (χ4n) is 2.19. The van der Waals surface area contributed by atoms with Gasteiger partial charge in [-0.2, -0.15) is 11.8 Å². The van der Waals surface area contributed by atoms with Crippen molar-refractivity contribution >= 4 is 45.5 Å². The Bertz CT molecular complexity index is 435. The molecule has 0 spiro atoms. The summed E-state index contributed by atoms with van der Waals surface area (Å²) in [7, 11) is 10.1. The average Bonchev–Trinajstić information content (AvgIpc) is 2.33. The lowest BCUT2D eigenvalue weighted by Gasteiger charge is -2.39. The second kappa shape index (κ2) is 9.34. The molecular formula is C13H22B2N2O5S. The minimum absolute atomic E-state index is 0.168. The molecule has 4 radical (unpaired) electrons. The number of rotatable bonds is 10. The van der Waals surface area contributed by atoms with Gasteiger partial charge in [0.25, 0.3) is 0 Å². The molecule has 0 aromatic rings. The topological polar surface area (TPSA) is 122 Å². The summed E-state index contributed by atoms with van der Waals surface area (Å²) in [6.45, 7) is 4.92. The maximum absolute atomic E-state index is 11.1. The first-order valence-corrected chi connectivity index (χ1v) is 8.07. The Kier molecular flexibility index (Phi) is 8.94. The highest BCUT2D eigenvalue weighted by molar-refractivity contribution is 7.99. The third-order valence-corrected chi connectivity index (χ3v) is 4.09. The highest BCUT2D eigenvalue weighted by atomic mass is 32.2. The van der Waals surface area contributed by atoms with Crippen LogP contribution in [0.4, 0.5) is 9.59 Å². The summed E-state index contributed by atoms with van der Waals surface area (Å²) in [5.41, 5.74) is 9.73. The Morgan fingerprint density at radius 2 is 1.78 bits per heavy atom. The van der Waals surface area contributed by atoms with E-state index in [0.717, 1.165) is 0 Å². The van der Waals surface area contributed by atoms with E-state index in [4.69, 9.17) is 36.6 Å². The van der Waals surface area contributed by atoms with Gasteiger partial charge in [-0.15, -0.1) is 0 Å². The van der Waals surface area contributed by atoms with E-state index in [-0.39, 0.29) is 12.2 Å². The van der Waals surface area contributed by atoms with E-state index in [9.17, 15) is 14.4 Å². The van der Waals surface area contributed by atoms with Crippen LogP contribution in [0.25, 0.3) is 0 Å². The molecule has 23 heavy (non-hydrogen) atoms. The summed E-state index contributed by atoms with van der Waals surface area (Å²) in [5.74, 6) is -1.27. The summed E-state index contributed by atoms with van der Waals surface area (Å²) in [6, 6.07) is -0.618. The number of hydrogen-bond acceptors (Lipinski definition) is 8. The van der Waals surface area contributed by atoms with E-state index in [1.54, 1.807) is 20.8 Å². The zero-order chi connectivity index (χ0) is 18.3. The van der Waals surface area contributed by atoms with Crippen LogP contribution in [-0.4, -0.2) is 68.5 Å². The molecule has 7 nitrogen and oxygen atoms in total. The highest BCUT2D eigenvalue weighted by Crippen LogP contribution is 2.28. The predicted molar refractivity (Wildman–Crippen MR) is 90.9 cm³/mol. The van der Waals surface area contributed by atoms with Gasteiger partial charge in [0, 0.05) is 17.9 Å². The minimum atomic E-state index is -1.05. The van der Waals surface area contributed by atoms with Crippen molar-refractivity contribution in [3.63, 3.8) is 0 Å². The van der Waals surface area contributed by atoms with Crippen molar-refractivity contribution in [3.05, 3.63) is 0 Å². The van der Waals surface area contributed by atoms with Gasteiger partial charge in [-0.05, 0) is 20.8 Å². The molecule has 10 heteroatoms. The summed E-state index contributed by atoms with van der Waals surface area (Å²) in [6.07, 6.45) is 0.0310. The van der Waals surface area contributed by atoms with Crippen LogP contribution in [0.1, 0.15) is 27.2 Å². The first kappa shape index (κ1) is 22.0. The number of carbonyl (C=O) groups excluding carboxylic acids is 3. The molecule has 3 atom stereocenters. The van der Waals surface area contributed by atoms with Crippen LogP contribution < -0.4 is 11.5 Å². The minimum Gasteiger partial charge on any atom is -0.469 e. The standard InChI is InChI=1S/C13H22B2N2O5S/c1-12(2,22-11(15)20)7-13(3,17)9(21-10(14)19)6-23-5-8(16)4-18/h4,8-9H,5-7,16-17H2,1-3H3. The molecule has 4 N–H and O–H groups in total. The molecule has 3 unspecified atom stereocenters. The number of carbonyl (C=O) groups is 3. The lowest BCUT2D eigenvalue weighted by atomic mass is 9.84. The van der Waals surface area contributed by atoms with E-state index in [1.807, 2.05) is 0 Å². The van der Waals surface area contributed by atoms with E-state index in [1.165, 1.54) is 11.8 Å². The van der Waals surface area contributed by atoms with Crippen molar-refractivity contribution in [2.45, 2.75) is 50.5 Å². The average molecular weight is 340 g/mol. The quantitative estimate of drug-likeness (QED) is 0.425. The molecule has 126 valence electrons. The maximum atomic E-state index is 11.1. The first-order valence-electron chi connectivity index (χ1n) is 6.91. The van der Waals surface area contributed by atoms with Gasteiger partial charge in [0.2, 0.25) is 27.4 Å². The van der Waals surface area contributed by atoms with E-state index in [0.29, 0.717) is 12.0 Å². The Morgan fingerprint density at radius 3 is 2.22 bits per heavy atom. The van der Waals surface area contributed by atoms with Crippen molar-refractivity contribution < 1.29 is 23.9 Å². The second-order valence-electron chi connectivity index (χ2n) is 6.13. The van der Waals surface area contributed by atoms with Gasteiger partial charge >= 0.3 is 0 Å². The molecule has 0 amide bonds. The largest absolute Gasteiger partial charge is 0.469 e. The van der Waals surface area contributed by atoms with Crippen LogP contribution >= 0.6 is 11.8 Å². The van der Waals surface area contributed by atoms with Gasteiger partial charge < -0.3 is 25.7 Å². The summed E-state index contributed by atoms with van der Waals surface area (Å²) < 4.78 is 10.1. The highest BCUT2D eigenvalue weighted by Gasteiger charge is 2.39. The van der Waals surface area contributed by atoms with Crippen molar-refractivity contribution in [2.24, 2.45) is 11.5 Å². The molecule has 0 aromatic heterocycles. The van der Waals surface area contributed by atoms with Crippen LogP contribution in [0.15, 0.2) is 0 Å². The normalized spacial score (nSPS) is 16.7. The van der Waals surface area contributed by atoms with Crippen LogP contribution in [0.2, 0.25) is 0 Å². The Morgan fingerprint density at radius 1 is 1.22 bits per heavy atom. The van der Waals surface area contributed by atoms with E-state index < -0.39 is 35.0 Å². The second-order valence-corrected chi connectivity index (χ2v) is 7.20. The Hall–Kier alpha value is -0.990. The SMILES string of the molecule is [B]C(=O)OC(CSCC(N)C=O)C(C)(N)CC(C)(C)OC([B])=O. The van der Waals surface area contributed by atoms with Gasteiger partial charge in [-0.3, -0.25) is 9.59 Å². The third-order valence-electron chi connectivity index (χ3n) is 2.93. The van der Waals surface area contributed by atoms with Crippen molar-refractivity contribution in [1.82, 2.24) is 0 Å². The lowest BCUT2D eigenvalue weighted by Crippen LogP contribution is -2.55. The molecule has 0 saturated carbocycles. The fourth-order valence-corrected chi connectivity index (χ4v) is 3.34. The van der Waals surface area contributed by atoms with Crippen molar-refractivity contribution in [2.75, 3.05) is 11.5 Å². The zero-order valence-corrected chi connectivity index (χ0v) is 14.4. The first-order chi connectivity index (χ1) is 10.4. The van der Waals surface area contributed by atoms with Crippen molar-refractivity contribution in [1.29, 1.82) is 0 Å². The summed E-state index contributed by atoms with van der Waals surface area (Å²) in [5, 5.41) is 0. The predicted octanol–water partition coefficient (Wildman–Crippen LogP) is 0.111. The van der Waals surface area contributed by atoms with Gasteiger partial charge in [0.05, 0.1) is 11.6 Å². The molecule has 0 rings (SSSR count). The van der Waals surface area contributed by atoms with Crippen molar-refractivity contribution in [3.8, 4) is 0 Å². The number of ether oxygens (including phenoxy) is 2. The Balaban J connectivity index is 4.93. The lowest BCUT2D eigenvalue weighted by molar-refractivity contribution is -0.108. The zero-order valence-electron chi connectivity index (χ0n) is 13.6. The Labute approximate surface area is 143 Å². The number of hydrogen-bond donors (Lipinski definition) is 2. The summed E-state index contributed by atoms with van der Waals surface area (Å²) in [4.78, 5) is 32.5. The number of nitrogens with two attached hydrogens (primary N) is 2. The smallest absolute Gasteiger partial charge is 0.236 e. The van der Waals surface area contributed by atoms with Crippen LogP contribution in [0, 0.1) is 0 Å². The molecule has 0 bridgehead atoms. The molecular weight excluding hydrogens is 318 g/mol. The van der Waals surface area contributed by atoms with E-state index in [2.05, 4.69) is 0 Å². The molecule has 0 aliphatic carbocycles.